The third-order valence-corrected chi connectivity index (χ3v) is 4.38. The Morgan fingerprint density at radius 3 is 2.53 bits per heavy atom. The smallest absolute Gasteiger partial charge is 0.259 e. The molecule has 1 amide bonds. The molecule has 3 rings (SSSR count). The van der Waals surface area contributed by atoms with Gasteiger partial charge in [-0.1, -0.05) is 41.9 Å². The Hall–Kier alpha value is -3.51. The van der Waals surface area contributed by atoms with Gasteiger partial charge >= 0.3 is 0 Å². The van der Waals surface area contributed by atoms with Crippen molar-refractivity contribution in [3.63, 3.8) is 0 Å². The van der Waals surface area contributed by atoms with Crippen LogP contribution >= 0.6 is 11.6 Å². The molecule has 0 aliphatic rings. The third-order valence-electron chi connectivity index (χ3n) is 4.13. The van der Waals surface area contributed by atoms with E-state index in [1.165, 1.54) is 0 Å². The van der Waals surface area contributed by atoms with Crippen LogP contribution in [0.4, 0.5) is 5.69 Å². The predicted molar refractivity (Wildman–Crippen MR) is 119 cm³/mol. The van der Waals surface area contributed by atoms with Crippen molar-refractivity contribution in [3.8, 4) is 11.5 Å². The molecule has 0 radical (unpaired) electrons. The highest BCUT2D eigenvalue weighted by Crippen LogP contribution is 2.28. The number of benzene rings is 3. The predicted octanol–water partition coefficient (Wildman–Crippen LogP) is 4.49. The van der Waals surface area contributed by atoms with E-state index in [-0.39, 0.29) is 12.5 Å². The summed E-state index contributed by atoms with van der Waals surface area (Å²) >= 11 is 5.84. The first kappa shape index (κ1) is 21.2. The molecule has 3 aromatic rings. The number of rotatable bonds is 9. The van der Waals surface area contributed by atoms with Crippen LogP contribution in [0, 0.1) is 0 Å². The molecule has 0 unspecified atom stereocenters. The summed E-state index contributed by atoms with van der Waals surface area (Å²) in [6.07, 6.45) is 1.55. The fraction of sp³-hybridized carbons (Fsp3) is 0.130. The number of hydrogen-bond acceptors (Lipinski definition) is 5. The number of hydrazone groups is 1. The van der Waals surface area contributed by atoms with Crippen LogP contribution in [0.2, 0.25) is 5.02 Å². The molecule has 3 aromatic carbocycles. The van der Waals surface area contributed by atoms with E-state index in [0.29, 0.717) is 23.1 Å². The Labute approximate surface area is 180 Å². The minimum atomic E-state index is -0.268. The SMILES string of the molecule is COc1cc(/C=N\NC(=O)CNc2ccc(Cl)cc2)ccc1OCc1ccccc1. The van der Waals surface area contributed by atoms with Gasteiger partial charge in [0.25, 0.3) is 5.91 Å². The largest absolute Gasteiger partial charge is 0.493 e. The van der Waals surface area contributed by atoms with E-state index in [1.807, 2.05) is 42.5 Å². The normalized spacial score (nSPS) is 10.6. The van der Waals surface area contributed by atoms with Crippen LogP contribution in [0.5, 0.6) is 11.5 Å². The van der Waals surface area contributed by atoms with Gasteiger partial charge in [0.05, 0.1) is 19.9 Å². The van der Waals surface area contributed by atoms with Gasteiger partial charge < -0.3 is 14.8 Å². The molecule has 2 N–H and O–H groups in total. The first-order chi connectivity index (χ1) is 14.6. The minimum absolute atomic E-state index is 0.0918. The molecule has 0 aliphatic heterocycles. The Kier molecular flexibility index (Phi) is 7.69. The second-order valence-corrected chi connectivity index (χ2v) is 6.77. The molecule has 0 heterocycles. The molecule has 0 saturated heterocycles. The maximum Gasteiger partial charge on any atom is 0.259 e. The minimum Gasteiger partial charge on any atom is -0.493 e. The van der Waals surface area contributed by atoms with Crippen LogP contribution in [0.1, 0.15) is 11.1 Å². The van der Waals surface area contributed by atoms with Crippen molar-refractivity contribution in [1.29, 1.82) is 0 Å². The third kappa shape index (κ3) is 6.53. The highest BCUT2D eigenvalue weighted by atomic mass is 35.5. The number of anilines is 1. The first-order valence-electron chi connectivity index (χ1n) is 9.30. The number of methoxy groups -OCH3 is 1. The number of ether oxygens (including phenoxy) is 2. The molecule has 0 spiro atoms. The van der Waals surface area contributed by atoms with E-state index in [9.17, 15) is 4.79 Å². The van der Waals surface area contributed by atoms with E-state index < -0.39 is 0 Å². The van der Waals surface area contributed by atoms with E-state index in [0.717, 1.165) is 16.8 Å². The number of amides is 1. The topological polar surface area (TPSA) is 72.0 Å². The van der Waals surface area contributed by atoms with Gasteiger partial charge in [0.15, 0.2) is 11.5 Å². The number of hydrogen-bond donors (Lipinski definition) is 2. The summed E-state index contributed by atoms with van der Waals surface area (Å²) in [7, 11) is 1.58. The Morgan fingerprint density at radius 2 is 1.80 bits per heavy atom. The van der Waals surface area contributed by atoms with Crippen molar-refractivity contribution in [3.05, 3.63) is 88.9 Å². The Morgan fingerprint density at radius 1 is 1.03 bits per heavy atom. The van der Waals surface area contributed by atoms with Gasteiger partial charge in [-0.2, -0.15) is 5.10 Å². The summed E-state index contributed by atoms with van der Waals surface area (Å²) in [5.41, 5.74) is 5.12. The first-order valence-corrected chi connectivity index (χ1v) is 9.68. The number of carbonyl (C=O) groups is 1. The maximum absolute atomic E-state index is 11.9. The van der Waals surface area contributed by atoms with Crippen LogP contribution in [0.3, 0.4) is 0 Å². The van der Waals surface area contributed by atoms with E-state index in [4.69, 9.17) is 21.1 Å². The molecule has 0 atom stereocenters. The highest BCUT2D eigenvalue weighted by Gasteiger charge is 2.06. The lowest BCUT2D eigenvalue weighted by Crippen LogP contribution is -2.25. The summed E-state index contributed by atoms with van der Waals surface area (Å²) in [5.74, 6) is 0.955. The van der Waals surface area contributed by atoms with Crippen LogP contribution in [-0.2, 0) is 11.4 Å². The maximum atomic E-state index is 11.9. The Balaban J connectivity index is 1.50. The number of halogens is 1. The van der Waals surface area contributed by atoms with Crippen LogP contribution in [0.25, 0.3) is 0 Å². The summed E-state index contributed by atoms with van der Waals surface area (Å²) < 4.78 is 11.2. The molecule has 0 fully saturated rings. The summed E-state index contributed by atoms with van der Waals surface area (Å²) in [5, 5.41) is 7.62. The average molecular weight is 424 g/mol. The Bertz CT molecular complexity index is 992. The summed E-state index contributed by atoms with van der Waals surface area (Å²) in [6.45, 7) is 0.538. The molecule has 6 nitrogen and oxygen atoms in total. The lowest BCUT2D eigenvalue weighted by Gasteiger charge is -2.11. The fourth-order valence-corrected chi connectivity index (χ4v) is 2.71. The van der Waals surface area contributed by atoms with Gasteiger partial charge in [0.2, 0.25) is 0 Å². The molecule has 0 aliphatic carbocycles. The van der Waals surface area contributed by atoms with Crippen molar-refractivity contribution in [2.75, 3.05) is 19.0 Å². The lowest BCUT2D eigenvalue weighted by molar-refractivity contribution is -0.119. The summed E-state index contributed by atoms with van der Waals surface area (Å²) in [4.78, 5) is 11.9. The molecular formula is C23H22ClN3O3. The van der Waals surface area contributed by atoms with E-state index in [1.54, 1.807) is 43.7 Å². The molecule has 0 aromatic heterocycles. The molecular weight excluding hydrogens is 402 g/mol. The van der Waals surface area contributed by atoms with Crippen molar-refractivity contribution in [2.24, 2.45) is 5.10 Å². The number of carbonyl (C=O) groups excluding carboxylic acids is 1. The fourth-order valence-electron chi connectivity index (χ4n) is 2.59. The lowest BCUT2D eigenvalue weighted by atomic mass is 10.2. The number of nitrogens with zero attached hydrogens (tertiary/aromatic N) is 1. The summed E-state index contributed by atoms with van der Waals surface area (Å²) in [6, 6.07) is 22.4. The van der Waals surface area contributed by atoms with Gasteiger partial charge in [-0.3, -0.25) is 4.79 Å². The van der Waals surface area contributed by atoms with Gasteiger partial charge in [0.1, 0.15) is 6.61 Å². The van der Waals surface area contributed by atoms with Gasteiger partial charge in [0, 0.05) is 10.7 Å². The zero-order chi connectivity index (χ0) is 21.2. The van der Waals surface area contributed by atoms with Gasteiger partial charge in [-0.05, 0) is 53.6 Å². The van der Waals surface area contributed by atoms with Gasteiger partial charge in [-0.25, -0.2) is 5.43 Å². The van der Waals surface area contributed by atoms with Crippen LogP contribution in [-0.4, -0.2) is 25.8 Å². The van der Waals surface area contributed by atoms with Crippen molar-refractivity contribution in [1.82, 2.24) is 5.43 Å². The van der Waals surface area contributed by atoms with Crippen molar-refractivity contribution in [2.45, 2.75) is 6.61 Å². The second-order valence-electron chi connectivity index (χ2n) is 6.34. The van der Waals surface area contributed by atoms with E-state index >= 15 is 0 Å². The van der Waals surface area contributed by atoms with E-state index in [2.05, 4.69) is 15.8 Å². The average Bonchev–Trinajstić information content (AvgIpc) is 2.78. The molecule has 7 heteroatoms. The molecule has 154 valence electrons. The molecule has 30 heavy (non-hydrogen) atoms. The van der Waals surface area contributed by atoms with Crippen molar-refractivity contribution >= 4 is 29.4 Å². The standard InChI is InChI=1S/C23H22ClN3O3/c1-29-22-13-18(7-12-21(22)30-16-17-5-3-2-4-6-17)14-26-27-23(28)15-25-20-10-8-19(24)9-11-20/h2-14,25H,15-16H2,1H3,(H,27,28)/b26-14-. The molecule has 0 saturated carbocycles. The zero-order valence-electron chi connectivity index (χ0n) is 16.5. The van der Waals surface area contributed by atoms with Crippen molar-refractivity contribution < 1.29 is 14.3 Å². The monoisotopic (exact) mass is 423 g/mol. The quantitative estimate of drug-likeness (QED) is 0.393. The van der Waals surface area contributed by atoms with Gasteiger partial charge in [-0.15, -0.1) is 0 Å². The highest BCUT2D eigenvalue weighted by molar-refractivity contribution is 6.30. The second kappa shape index (κ2) is 10.9. The molecule has 0 bridgehead atoms. The zero-order valence-corrected chi connectivity index (χ0v) is 17.2. The number of nitrogens with one attached hydrogen (secondary N) is 2. The van der Waals surface area contributed by atoms with Crippen LogP contribution in [0.15, 0.2) is 77.9 Å². The van der Waals surface area contributed by atoms with Crippen LogP contribution < -0.4 is 20.2 Å².